The molecule has 0 bridgehead atoms. The molecule has 2 aromatic carbocycles. The lowest BCUT2D eigenvalue weighted by atomic mass is 10.2. The lowest BCUT2D eigenvalue weighted by Gasteiger charge is -2.09. The predicted molar refractivity (Wildman–Crippen MR) is 101 cm³/mol. The standard InChI is InChI=1S/C20H21N5O/c1-24-8-7-22-20(24)13-26-12-16-3-2-4-17(9-16)25-14-23-18-10-15(11-21)5-6-19(18)25/h2-10,14H,11-13,21H2,1H3. The lowest BCUT2D eigenvalue weighted by Crippen LogP contribution is -2.01. The number of aromatic nitrogens is 4. The van der Waals surface area contributed by atoms with Crippen LogP contribution in [0.2, 0.25) is 0 Å². The Balaban J connectivity index is 1.53. The Morgan fingerprint density at radius 3 is 2.77 bits per heavy atom. The third-order valence-electron chi connectivity index (χ3n) is 4.46. The van der Waals surface area contributed by atoms with E-state index in [1.54, 1.807) is 6.20 Å². The van der Waals surface area contributed by atoms with Crippen molar-refractivity contribution >= 4 is 11.0 Å². The quantitative estimate of drug-likeness (QED) is 0.582. The number of hydrogen-bond acceptors (Lipinski definition) is 4. The Labute approximate surface area is 151 Å². The van der Waals surface area contributed by atoms with Crippen molar-refractivity contribution in [3.8, 4) is 5.69 Å². The van der Waals surface area contributed by atoms with Gasteiger partial charge in [0.05, 0.1) is 17.6 Å². The van der Waals surface area contributed by atoms with E-state index in [4.69, 9.17) is 10.5 Å². The van der Waals surface area contributed by atoms with Crippen LogP contribution in [0, 0.1) is 0 Å². The Hall–Kier alpha value is -2.96. The predicted octanol–water partition coefficient (Wildman–Crippen LogP) is 2.93. The molecule has 0 atom stereocenters. The second kappa shape index (κ2) is 7.11. The van der Waals surface area contributed by atoms with Crippen LogP contribution in [0.15, 0.2) is 61.2 Å². The van der Waals surface area contributed by atoms with Crippen LogP contribution in [0.5, 0.6) is 0 Å². The first-order chi connectivity index (χ1) is 12.7. The van der Waals surface area contributed by atoms with E-state index >= 15 is 0 Å². The van der Waals surface area contributed by atoms with Crippen LogP contribution < -0.4 is 5.73 Å². The van der Waals surface area contributed by atoms with Gasteiger partial charge in [-0.1, -0.05) is 18.2 Å². The Morgan fingerprint density at radius 2 is 1.96 bits per heavy atom. The molecule has 2 aromatic heterocycles. The van der Waals surface area contributed by atoms with Gasteiger partial charge in [0.2, 0.25) is 0 Å². The van der Waals surface area contributed by atoms with Crippen molar-refractivity contribution in [1.29, 1.82) is 0 Å². The molecular weight excluding hydrogens is 326 g/mol. The highest BCUT2D eigenvalue weighted by atomic mass is 16.5. The van der Waals surface area contributed by atoms with E-state index in [1.807, 2.05) is 42.3 Å². The summed E-state index contributed by atoms with van der Waals surface area (Å²) < 4.78 is 9.86. The SMILES string of the molecule is Cn1ccnc1COCc1cccc(-n2cnc3cc(CN)ccc32)c1. The van der Waals surface area contributed by atoms with Crippen LogP contribution >= 0.6 is 0 Å². The molecule has 2 N–H and O–H groups in total. The van der Waals surface area contributed by atoms with Gasteiger partial charge in [-0.3, -0.25) is 4.57 Å². The molecule has 0 amide bonds. The molecule has 4 aromatic rings. The highest BCUT2D eigenvalue weighted by Crippen LogP contribution is 2.20. The number of aryl methyl sites for hydroxylation is 1. The molecule has 132 valence electrons. The third kappa shape index (κ3) is 3.24. The number of ether oxygens (including phenoxy) is 1. The molecule has 2 heterocycles. The van der Waals surface area contributed by atoms with Gasteiger partial charge in [0.15, 0.2) is 0 Å². The summed E-state index contributed by atoms with van der Waals surface area (Å²) in [6.45, 7) is 1.54. The number of rotatable bonds is 6. The largest absolute Gasteiger partial charge is 0.369 e. The molecule has 0 unspecified atom stereocenters. The summed E-state index contributed by atoms with van der Waals surface area (Å²) in [5, 5.41) is 0. The fourth-order valence-electron chi connectivity index (χ4n) is 2.98. The number of fused-ring (bicyclic) bond motifs is 1. The smallest absolute Gasteiger partial charge is 0.134 e. The van der Waals surface area contributed by atoms with Crippen LogP contribution in [0.4, 0.5) is 0 Å². The fourth-order valence-corrected chi connectivity index (χ4v) is 2.98. The van der Waals surface area contributed by atoms with Crippen molar-refractivity contribution in [3.05, 3.63) is 78.1 Å². The highest BCUT2D eigenvalue weighted by Gasteiger charge is 2.06. The molecule has 26 heavy (non-hydrogen) atoms. The minimum absolute atomic E-state index is 0.490. The van der Waals surface area contributed by atoms with Gasteiger partial charge in [-0.25, -0.2) is 9.97 Å². The van der Waals surface area contributed by atoms with Crippen LogP contribution in [0.1, 0.15) is 17.0 Å². The topological polar surface area (TPSA) is 70.9 Å². The minimum Gasteiger partial charge on any atom is -0.369 e. The third-order valence-corrected chi connectivity index (χ3v) is 4.46. The summed E-state index contributed by atoms with van der Waals surface area (Å²) in [6, 6.07) is 14.4. The Morgan fingerprint density at radius 1 is 1.04 bits per heavy atom. The van der Waals surface area contributed by atoms with E-state index in [0.717, 1.165) is 33.7 Å². The number of nitrogens with two attached hydrogens (primary N) is 1. The zero-order valence-electron chi connectivity index (χ0n) is 14.7. The highest BCUT2D eigenvalue weighted by molar-refractivity contribution is 5.78. The summed E-state index contributed by atoms with van der Waals surface area (Å²) in [7, 11) is 1.96. The molecule has 0 radical (unpaired) electrons. The van der Waals surface area contributed by atoms with E-state index in [2.05, 4.69) is 38.8 Å². The van der Waals surface area contributed by atoms with Crippen molar-refractivity contribution in [1.82, 2.24) is 19.1 Å². The summed E-state index contributed by atoms with van der Waals surface area (Å²) in [5.74, 6) is 0.914. The summed E-state index contributed by atoms with van der Waals surface area (Å²) >= 11 is 0. The molecule has 0 saturated carbocycles. The van der Waals surface area contributed by atoms with Gasteiger partial charge in [-0.2, -0.15) is 0 Å². The molecule has 0 aliphatic carbocycles. The maximum Gasteiger partial charge on any atom is 0.134 e. The first kappa shape index (κ1) is 16.5. The van der Waals surface area contributed by atoms with E-state index in [-0.39, 0.29) is 0 Å². The van der Waals surface area contributed by atoms with Gasteiger partial charge >= 0.3 is 0 Å². The zero-order valence-corrected chi connectivity index (χ0v) is 14.7. The molecule has 0 aliphatic rings. The van der Waals surface area contributed by atoms with Crippen LogP contribution in [0.3, 0.4) is 0 Å². The van der Waals surface area contributed by atoms with E-state index in [0.29, 0.717) is 19.8 Å². The average Bonchev–Trinajstić information content (AvgIpc) is 3.27. The fraction of sp³-hybridized carbons (Fsp3) is 0.200. The minimum atomic E-state index is 0.490. The first-order valence-corrected chi connectivity index (χ1v) is 8.54. The van der Waals surface area contributed by atoms with Gasteiger partial charge in [-0.15, -0.1) is 0 Å². The summed E-state index contributed by atoms with van der Waals surface area (Å²) in [5.41, 5.74) is 11.0. The monoisotopic (exact) mass is 347 g/mol. The van der Waals surface area contributed by atoms with Gasteiger partial charge in [0.25, 0.3) is 0 Å². The zero-order chi connectivity index (χ0) is 17.9. The average molecular weight is 347 g/mol. The maximum atomic E-state index is 5.81. The first-order valence-electron chi connectivity index (χ1n) is 8.54. The van der Waals surface area contributed by atoms with E-state index in [1.165, 1.54) is 0 Å². The van der Waals surface area contributed by atoms with Crippen LogP contribution in [-0.4, -0.2) is 19.1 Å². The summed E-state index contributed by atoms with van der Waals surface area (Å²) in [4.78, 5) is 8.77. The van der Waals surface area contributed by atoms with Crippen molar-refractivity contribution in [2.45, 2.75) is 19.8 Å². The molecule has 4 rings (SSSR count). The second-order valence-electron chi connectivity index (χ2n) is 6.26. The Bertz CT molecular complexity index is 1030. The van der Waals surface area contributed by atoms with Gasteiger partial charge in [-0.05, 0) is 35.4 Å². The maximum absolute atomic E-state index is 5.81. The van der Waals surface area contributed by atoms with E-state index < -0.39 is 0 Å². The second-order valence-corrected chi connectivity index (χ2v) is 6.26. The van der Waals surface area contributed by atoms with Crippen molar-refractivity contribution in [2.75, 3.05) is 0 Å². The number of imidazole rings is 2. The normalized spacial score (nSPS) is 11.3. The van der Waals surface area contributed by atoms with Gasteiger partial charge in [0.1, 0.15) is 18.8 Å². The van der Waals surface area contributed by atoms with Crippen LogP contribution in [0.25, 0.3) is 16.7 Å². The summed E-state index contributed by atoms with van der Waals surface area (Å²) in [6.07, 6.45) is 5.54. The van der Waals surface area contributed by atoms with Gasteiger partial charge in [0, 0.05) is 31.7 Å². The number of hydrogen-bond donors (Lipinski definition) is 1. The van der Waals surface area contributed by atoms with Crippen molar-refractivity contribution < 1.29 is 4.74 Å². The molecular formula is C20H21N5O. The molecule has 0 aliphatic heterocycles. The number of benzene rings is 2. The Kier molecular flexibility index (Phi) is 4.51. The van der Waals surface area contributed by atoms with Crippen LogP contribution in [-0.2, 0) is 31.5 Å². The van der Waals surface area contributed by atoms with Crippen molar-refractivity contribution in [3.63, 3.8) is 0 Å². The molecule has 0 fully saturated rings. The molecule has 0 spiro atoms. The van der Waals surface area contributed by atoms with Gasteiger partial charge < -0.3 is 15.0 Å². The molecule has 0 saturated heterocycles. The molecule has 6 nitrogen and oxygen atoms in total. The number of nitrogens with zero attached hydrogens (tertiary/aromatic N) is 4. The van der Waals surface area contributed by atoms with Crippen molar-refractivity contribution in [2.24, 2.45) is 12.8 Å². The lowest BCUT2D eigenvalue weighted by molar-refractivity contribution is 0.1000. The van der Waals surface area contributed by atoms with E-state index in [9.17, 15) is 0 Å². The molecule has 6 heteroatoms.